The van der Waals surface area contributed by atoms with Crippen LogP contribution >= 0.6 is 0 Å². The number of aliphatic hydroxyl groups is 3. The lowest BCUT2D eigenvalue weighted by Crippen LogP contribution is -2.32. The molecule has 138 valence electrons. The van der Waals surface area contributed by atoms with Gasteiger partial charge in [-0.05, 0) is 18.2 Å². The smallest absolute Gasteiger partial charge is 0.152 e. The number of hydrogen-bond acceptors (Lipinski definition) is 7. The van der Waals surface area contributed by atoms with Crippen LogP contribution in [0.15, 0.2) is 42.7 Å². The van der Waals surface area contributed by atoms with Crippen molar-refractivity contribution in [3.05, 3.63) is 59.5 Å². The third kappa shape index (κ3) is 3.03. The Morgan fingerprint density at radius 3 is 2.63 bits per heavy atom. The van der Waals surface area contributed by atoms with E-state index in [-0.39, 0.29) is 5.82 Å². The molecule has 1 fully saturated rings. The highest BCUT2D eigenvalue weighted by molar-refractivity contribution is 5.75. The van der Waals surface area contributed by atoms with Gasteiger partial charge in [0.05, 0.1) is 17.9 Å². The Labute approximate surface area is 154 Å². The molecule has 4 atom stereocenters. The van der Waals surface area contributed by atoms with Gasteiger partial charge >= 0.3 is 0 Å². The molecule has 8 nitrogen and oxygen atoms in total. The van der Waals surface area contributed by atoms with Crippen LogP contribution in [0.5, 0.6) is 0 Å². The Kier molecular flexibility index (Phi) is 4.51. The summed E-state index contributed by atoms with van der Waals surface area (Å²) >= 11 is 0. The third-order valence-corrected chi connectivity index (χ3v) is 4.56. The maximum Gasteiger partial charge on any atom is 0.152 e. The van der Waals surface area contributed by atoms with Crippen molar-refractivity contribution in [1.29, 1.82) is 0 Å². The fourth-order valence-corrected chi connectivity index (χ4v) is 3.20. The molecular formula is C19H18N4O4. The first kappa shape index (κ1) is 17.5. The zero-order valence-electron chi connectivity index (χ0n) is 14.2. The number of nitrogens with zero attached hydrogens (tertiary/aromatic N) is 3. The van der Waals surface area contributed by atoms with Gasteiger partial charge in [-0.15, -0.1) is 0 Å². The number of ether oxygens (including phenoxy) is 1. The second kappa shape index (κ2) is 6.98. The van der Waals surface area contributed by atoms with E-state index in [4.69, 9.17) is 10.5 Å². The monoisotopic (exact) mass is 366 g/mol. The molecule has 2 aromatic heterocycles. The topological polar surface area (TPSA) is 126 Å². The molecule has 1 saturated heterocycles. The van der Waals surface area contributed by atoms with E-state index in [2.05, 4.69) is 21.9 Å². The number of fused-ring (bicyclic) bond motifs is 1. The van der Waals surface area contributed by atoms with Crippen LogP contribution in [0, 0.1) is 11.8 Å². The molecule has 4 rings (SSSR count). The zero-order chi connectivity index (χ0) is 19.0. The van der Waals surface area contributed by atoms with E-state index < -0.39 is 31.0 Å². The highest BCUT2D eigenvalue weighted by Gasteiger charge is 2.44. The van der Waals surface area contributed by atoms with Crippen molar-refractivity contribution >= 4 is 11.3 Å². The standard InChI is InChI=1S/C19H18N4O4/c20-19-15-12(7-6-11-4-2-1-3-5-11)8-13(23(15)22-10-21-19)18-17(26)16(25)14(9-24)27-18/h1-5,8,10,14,16-18,24-26H,9H2,(H2,20,21,22)/t14-,16-,17-,18+/m1/s1. The number of nitrogens with two attached hydrogens (primary N) is 1. The summed E-state index contributed by atoms with van der Waals surface area (Å²) in [5.41, 5.74) is 8.40. The number of aliphatic hydroxyl groups excluding tert-OH is 3. The minimum Gasteiger partial charge on any atom is -0.394 e. The van der Waals surface area contributed by atoms with Gasteiger partial charge in [0.15, 0.2) is 5.82 Å². The second-order valence-electron chi connectivity index (χ2n) is 6.26. The molecule has 0 aliphatic carbocycles. The molecule has 1 aliphatic heterocycles. The zero-order valence-corrected chi connectivity index (χ0v) is 14.2. The SMILES string of the molecule is Nc1ncnn2c([C@@H]3O[C@H](CO)[C@@H](O)[C@H]3O)cc(C#Cc3ccccc3)c12. The Morgan fingerprint density at radius 2 is 1.93 bits per heavy atom. The first-order valence-electron chi connectivity index (χ1n) is 8.41. The molecule has 0 unspecified atom stereocenters. The Hall–Kier alpha value is -2.96. The van der Waals surface area contributed by atoms with Crippen molar-refractivity contribution in [2.75, 3.05) is 12.3 Å². The first-order chi connectivity index (χ1) is 13.1. The number of rotatable bonds is 2. The summed E-state index contributed by atoms with van der Waals surface area (Å²) < 4.78 is 7.12. The molecule has 5 N–H and O–H groups in total. The average molecular weight is 366 g/mol. The number of nitrogen functional groups attached to an aromatic ring is 1. The highest BCUT2D eigenvalue weighted by atomic mass is 16.6. The molecule has 0 radical (unpaired) electrons. The first-order valence-corrected chi connectivity index (χ1v) is 8.41. The molecule has 3 aromatic rings. The van der Waals surface area contributed by atoms with E-state index in [0.717, 1.165) is 5.56 Å². The van der Waals surface area contributed by atoms with Gasteiger partial charge in [-0.1, -0.05) is 30.0 Å². The fourth-order valence-electron chi connectivity index (χ4n) is 3.20. The van der Waals surface area contributed by atoms with Gasteiger partial charge in [0.2, 0.25) is 0 Å². The van der Waals surface area contributed by atoms with Crippen LogP contribution in [0.3, 0.4) is 0 Å². The molecule has 1 aliphatic rings. The van der Waals surface area contributed by atoms with Gasteiger partial charge in [0.1, 0.15) is 36.3 Å². The van der Waals surface area contributed by atoms with Gasteiger partial charge in [0.25, 0.3) is 0 Å². The Bertz CT molecular complexity index is 1020. The maximum absolute atomic E-state index is 10.3. The summed E-state index contributed by atoms with van der Waals surface area (Å²) in [4.78, 5) is 4.01. The Morgan fingerprint density at radius 1 is 1.15 bits per heavy atom. The fraction of sp³-hybridized carbons (Fsp3) is 0.263. The third-order valence-electron chi connectivity index (χ3n) is 4.56. The molecule has 0 bridgehead atoms. The summed E-state index contributed by atoms with van der Waals surface area (Å²) in [5.74, 6) is 6.35. The van der Waals surface area contributed by atoms with E-state index in [1.54, 1.807) is 6.07 Å². The maximum atomic E-state index is 10.3. The molecule has 3 heterocycles. The normalized spacial score (nSPS) is 24.7. The molecule has 1 aromatic carbocycles. The summed E-state index contributed by atoms with van der Waals surface area (Å²) in [7, 11) is 0. The molecule has 27 heavy (non-hydrogen) atoms. The molecule has 0 amide bonds. The molecular weight excluding hydrogens is 348 g/mol. The highest BCUT2D eigenvalue weighted by Crippen LogP contribution is 2.35. The minimum absolute atomic E-state index is 0.236. The lowest BCUT2D eigenvalue weighted by molar-refractivity contribution is -0.0244. The second-order valence-corrected chi connectivity index (χ2v) is 6.26. The average Bonchev–Trinajstić information content (AvgIpc) is 3.20. The largest absolute Gasteiger partial charge is 0.394 e. The van der Waals surface area contributed by atoms with Gasteiger partial charge in [-0.3, -0.25) is 0 Å². The number of benzene rings is 1. The van der Waals surface area contributed by atoms with Crippen LogP contribution in [0.25, 0.3) is 5.52 Å². The van der Waals surface area contributed by atoms with E-state index in [9.17, 15) is 15.3 Å². The minimum atomic E-state index is -1.22. The van der Waals surface area contributed by atoms with Crippen LogP contribution in [0.1, 0.15) is 22.9 Å². The van der Waals surface area contributed by atoms with Crippen molar-refractivity contribution in [3.8, 4) is 11.8 Å². The summed E-state index contributed by atoms with van der Waals surface area (Å²) in [5, 5.41) is 33.9. The lowest BCUT2D eigenvalue weighted by atomic mass is 10.1. The van der Waals surface area contributed by atoms with E-state index in [1.165, 1.54) is 10.8 Å². The summed E-state index contributed by atoms with van der Waals surface area (Å²) in [6, 6.07) is 11.2. The van der Waals surface area contributed by atoms with Crippen molar-refractivity contribution in [3.63, 3.8) is 0 Å². The number of aromatic nitrogens is 3. The molecule has 0 saturated carbocycles. The van der Waals surface area contributed by atoms with Gasteiger partial charge in [-0.2, -0.15) is 5.10 Å². The van der Waals surface area contributed by atoms with Crippen LogP contribution < -0.4 is 5.73 Å². The Balaban J connectivity index is 1.82. The van der Waals surface area contributed by atoms with E-state index >= 15 is 0 Å². The van der Waals surface area contributed by atoms with Gasteiger partial charge in [0, 0.05) is 5.56 Å². The van der Waals surface area contributed by atoms with Gasteiger partial charge < -0.3 is 25.8 Å². The predicted molar refractivity (Wildman–Crippen MR) is 96.5 cm³/mol. The van der Waals surface area contributed by atoms with Crippen molar-refractivity contribution in [2.45, 2.75) is 24.4 Å². The quantitative estimate of drug-likeness (QED) is 0.465. The van der Waals surface area contributed by atoms with E-state index in [0.29, 0.717) is 16.8 Å². The van der Waals surface area contributed by atoms with Crippen molar-refractivity contribution in [1.82, 2.24) is 14.6 Å². The van der Waals surface area contributed by atoms with Crippen molar-refractivity contribution < 1.29 is 20.1 Å². The van der Waals surface area contributed by atoms with E-state index in [1.807, 2.05) is 30.3 Å². The van der Waals surface area contributed by atoms with Gasteiger partial charge in [-0.25, -0.2) is 9.50 Å². The van der Waals surface area contributed by atoms with Crippen LogP contribution in [0.2, 0.25) is 0 Å². The van der Waals surface area contributed by atoms with Crippen LogP contribution in [-0.4, -0.2) is 54.8 Å². The summed E-state index contributed by atoms with van der Waals surface area (Å²) in [6.07, 6.45) is -2.89. The number of hydrogen-bond donors (Lipinski definition) is 4. The summed E-state index contributed by atoms with van der Waals surface area (Å²) in [6.45, 7) is -0.407. The molecule has 8 heteroatoms. The van der Waals surface area contributed by atoms with Crippen molar-refractivity contribution in [2.24, 2.45) is 0 Å². The lowest BCUT2D eigenvalue weighted by Gasteiger charge is -2.14. The number of anilines is 1. The molecule has 0 spiro atoms. The van der Waals surface area contributed by atoms with Crippen LogP contribution in [0.4, 0.5) is 5.82 Å². The van der Waals surface area contributed by atoms with Crippen LogP contribution in [-0.2, 0) is 4.74 Å². The predicted octanol–water partition coefficient (Wildman–Crippen LogP) is -0.135.